The van der Waals surface area contributed by atoms with Crippen molar-refractivity contribution in [2.45, 2.75) is 39.5 Å². The Balaban J connectivity index is 1.64. The minimum atomic E-state index is -1.12. The van der Waals surface area contributed by atoms with Crippen molar-refractivity contribution in [2.24, 2.45) is 0 Å². The Kier molecular flexibility index (Phi) is 7.46. The summed E-state index contributed by atoms with van der Waals surface area (Å²) in [6, 6.07) is 14.5. The summed E-state index contributed by atoms with van der Waals surface area (Å²) in [4.78, 5) is 39.3. The molecule has 3 aromatic rings. The molecule has 4 N–H and O–H groups in total. The summed E-state index contributed by atoms with van der Waals surface area (Å²) in [6.07, 6.45) is 1.36. The van der Waals surface area contributed by atoms with Crippen LogP contribution >= 0.6 is 11.6 Å². The summed E-state index contributed by atoms with van der Waals surface area (Å²) in [7, 11) is 0. The highest BCUT2D eigenvalue weighted by Crippen LogP contribution is 2.42. The fourth-order valence-electron chi connectivity index (χ4n) is 4.30. The summed E-state index contributed by atoms with van der Waals surface area (Å²) in [5.74, 6) is -2.02. The highest BCUT2D eigenvalue weighted by Gasteiger charge is 2.34. The molecule has 0 atom stereocenters. The fourth-order valence-corrected chi connectivity index (χ4v) is 4.47. The van der Waals surface area contributed by atoms with E-state index in [9.17, 15) is 24.6 Å². The van der Waals surface area contributed by atoms with Crippen molar-refractivity contribution in [3.8, 4) is 5.75 Å². The zero-order valence-corrected chi connectivity index (χ0v) is 22.1. The van der Waals surface area contributed by atoms with E-state index in [-0.39, 0.29) is 34.3 Å². The van der Waals surface area contributed by atoms with Crippen LogP contribution in [0.2, 0.25) is 5.02 Å². The Bertz CT molecular complexity index is 1480. The van der Waals surface area contributed by atoms with Crippen LogP contribution in [-0.4, -0.2) is 28.0 Å². The Labute approximate surface area is 225 Å². The van der Waals surface area contributed by atoms with E-state index in [1.54, 1.807) is 36.4 Å². The minimum Gasteiger partial charge on any atom is -0.507 e. The van der Waals surface area contributed by atoms with E-state index in [2.05, 4.69) is 10.9 Å². The van der Waals surface area contributed by atoms with E-state index in [1.807, 2.05) is 33.8 Å². The van der Waals surface area contributed by atoms with Crippen molar-refractivity contribution in [2.75, 3.05) is 4.90 Å². The van der Waals surface area contributed by atoms with Gasteiger partial charge in [0.15, 0.2) is 0 Å². The monoisotopic (exact) mass is 533 g/mol. The molecule has 4 rings (SSSR count). The number of carbonyl (C=O) groups excluding carboxylic acids is 2. The number of phenolic OH excluding ortho intramolecular Hbond substituents is 1. The van der Waals surface area contributed by atoms with Crippen LogP contribution in [0.4, 0.5) is 11.4 Å². The van der Waals surface area contributed by atoms with Crippen LogP contribution in [-0.2, 0) is 4.79 Å². The second-order valence-electron chi connectivity index (χ2n) is 9.63. The van der Waals surface area contributed by atoms with Crippen molar-refractivity contribution in [3.05, 3.63) is 93.6 Å². The lowest BCUT2D eigenvalue weighted by molar-refractivity contribution is -0.112. The van der Waals surface area contributed by atoms with Gasteiger partial charge in [-0.1, -0.05) is 57.5 Å². The van der Waals surface area contributed by atoms with E-state index in [0.29, 0.717) is 27.5 Å². The molecule has 2 amide bonds. The number of aromatic hydroxyl groups is 1. The molecule has 0 aliphatic carbocycles. The normalized spacial score (nSPS) is 13.8. The van der Waals surface area contributed by atoms with Gasteiger partial charge in [-0.25, -0.2) is 4.79 Å². The molecular weight excluding hydrogens is 506 g/mol. The molecule has 1 aliphatic rings. The maximum atomic E-state index is 13.5. The Hall–Kier alpha value is -4.30. The maximum absolute atomic E-state index is 13.5. The third-order valence-electron chi connectivity index (χ3n) is 6.37. The number of carboxylic acid groups (broad SMARTS) is 1. The number of phenols is 1. The van der Waals surface area contributed by atoms with Gasteiger partial charge in [0.1, 0.15) is 5.75 Å². The summed E-state index contributed by atoms with van der Waals surface area (Å²) in [5, 5.41) is 20.5. The SMILES string of the molecule is CC(C)c1cc(C(=O)NN/C=C2\C(=O)N(c3cccc(C(=O)O)c3)c3cc(Cl)ccc32)c(O)c(C(C)C)c1. The topological polar surface area (TPSA) is 119 Å². The van der Waals surface area contributed by atoms with Gasteiger partial charge in [-0.15, -0.1) is 0 Å². The lowest BCUT2D eigenvalue weighted by atomic mass is 9.92. The quantitative estimate of drug-likeness (QED) is 0.220. The molecule has 0 saturated carbocycles. The smallest absolute Gasteiger partial charge is 0.335 e. The van der Waals surface area contributed by atoms with E-state index >= 15 is 0 Å². The second kappa shape index (κ2) is 10.6. The van der Waals surface area contributed by atoms with Crippen LogP contribution in [0.1, 0.15) is 76.9 Å². The molecule has 0 fully saturated rings. The molecule has 196 valence electrons. The number of fused-ring (bicyclic) bond motifs is 1. The van der Waals surface area contributed by atoms with Crippen molar-refractivity contribution < 1.29 is 24.6 Å². The molecule has 0 saturated heterocycles. The van der Waals surface area contributed by atoms with Crippen molar-refractivity contribution in [1.29, 1.82) is 0 Å². The van der Waals surface area contributed by atoms with Crippen LogP contribution in [0.3, 0.4) is 0 Å². The first kappa shape index (κ1) is 26.8. The van der Waals surface area contributed by atoms with Crippen LogP contribution in [0.5, 0.6) is 5.75 Å². The van der Waals surface area contributed by atoms with E-state index in [0.717, 1.165) is 5.56 Å². The summed E-state index contributed by atoms with van der Waals surface area (Å²) in [6.45, 7) is 7.90. The van der Waals surface area contributed by atoms with Gasteiger partial charge in [-0.05, 0) is 59.4 Å². The Morgan fingerprint density at radius 1 is 1.00 bits per heavy atom. The second-order valence-corrected chi connectivity index (χ2v) is 10.1. The fraction of sp³-hybridized carbons (Fsp3) is 0.207. The number of anilines is 2. The number of hydrazine groups is 1. The first-order valence-corrected chi connectivity index (χ1v) is 12.5. The predicted octanol–water partition coefficient (Wildman–Crippen LogP) is 5.94. The molecule has 0 spiro atoms. The van der Waals surface area contributed by atoms with Crippen molar-refractivity contribution in [3.63, 3.8) is 0 Å². The molecule has 38 heavy (non-hydrogen) atoms. The number of rotatable bonds is 7. The molecule has 0 unspecified atom stereocenters. The molecule has 0 radical (unpaired) electrons. The van der Waals surface area contributed by atoms with Gasteiger partial charge >= 0.3 is 5.97 Å². The first-order valence-electron chi connectivity index (χ1n) is 12.1. The van der Waals surface area contributed by atoms with Gasteiger partial charge in [0.2, 0.25) is 0 Å². The maximum Gasteiger partial charge on any atom is 0.335 e. The standard InChI is InChI=1S/C29H28ClN3O5/c1-15(2)18-11-22(16(3)4)26(34)23(12-18)27(35)32-31-14-24-21-9-8-19(30)13-25(21)33(28(24)36)20-7-5-6-17(10-20)29(37)38/h5-16,31,34H,1-4H3,(H,32,35)(H,37,38)/b24-14-. The molecule has 0 bridgehead atoms. The van der Waals surface area contributed by atoms with E-state index < -0.39 is 17.8 Å². The van der Waals surface area contributed by atoms with Gasteiger partial charge < -0.3 is 15.6 Å². The van der Waals surface area contributed by atoms with Gasteiger partial charge in [0.05, 0.1) is 28.1 Å². The van der Waals surface area contributed by atoms with Gasteiger partial charge in [0.25, 0.3) is 11.8 Å². The lowest BCUT2D eigenvalue weighted by Gasteiger charge is -2.18. The molecule has 1 aliphatic heterocycles. The van der Waals surface area contributed by atoms with Gasteiger partial charge in [0, 0.05) is 16.8 Å². The third-order valence-corrected chi connectivity index (χ3v) is 6.61. The number of carboxylic acids is 1. The Morgan fingerprint density at radius 2 is 1.74 bits per heavy atom. The summed E-state index contributed by atoms with van der Waals surface area (Å²) < 4.78 is 0. The van der Waals surface area contributed by atoms with Gasteiger partial charge in [-0.2, -0.15) is 0 Å². The highest BCUT2D eigenvalue weighted by atomic mass is 35.5. The molecule has 8 nitrogen and oxygen atoms in total. The molecule has 9 heteroatoms. The van der Waals surface area contributed by atoms with Crippen LogP contribution in [0.15, 0.2) is 60.8 Å². The van der Waals surface area contributed by atoms with Crippen LogP contribution in [0.25, 0.3) is 5.57 Å². The number of carbonyl (C=O) groups is 3. The summed E-state index contributed by atoms with van der Waals surface area (Å²) >= 11 is 6.20. The number of amides is 2. The third kappa shape index (κ3) is 5.08. The van der Waals surface area contributed by atoms with Crippen molar-refractivity contribution in [1.82, 2.24) is 10.9 Å². The number of hydrogen-bond acceptors (Lipinski definition) is 5. The zero-order chi connectivity index (χ0) is 27.7. The average molecular weight is 534 g/mol. The van der Waals surface area contributed by atoms with Crippen molar-refractivity contribution >= 4 is 46.3 Å². The minimum absolute atomic E-state index is 0.0142. The summed E-state index contributed by atoms with van der Waals surface area (Å²) in [5.41, 5.74) is 8.62. The highest BCUT2D eigenvalue weighted by molar-refractivity contribution is 6.36. The van der Waals surface area contributed by atoms with Gasteiger partial charge in [-0.3, -0.25) is 19.9 Å². The number of hydrogen-bond donors (Lipinski definition) is 4. The number of nitrogens with one attached hydrogen (secondary N) is 2. The number of aromatic carboxylic acids is 1. The molecular formula is C29H28ClN3O5. The predicted molar refractivity (Wildman–Crippen MR) is 147 cm³/mol. The molecule has 1 heterocycles. The molecule has 3 aromatic carbocycles. The largest absolute Gasteiger partial charge is 0.507 e. The molecule has 0 aromatic heterocycles. The number of nitrogens with zero attached hydrogens (tertiary/aromatic N) is 1. The van der Waals surface area contributed by atoms with Crippen LogP contribution < -0.4 is 15.8 Å². The number of benzene rings is 3. The first-order chi connectivity index (χ1) is 18.0. The van der Waals surface area contributed by atoms with E-state index in [4.69, 9.17) is 11.6 Å². The van der Waals surface area contributed by atoms with E-state index in [1.165, 1.54) is 23.2 Å². The average Bonchev–Trinajstić information content (AvgIpc) is 3.13. The lowest BCUT2D eigenvalue weighted by Crippen LogP contribution is -2.34. The Morgan fingerprint density at radius 3 is 2.39 bits per heavy atom. The van der Waals surface area contributed by atoms with Crippen LogP contribution in [0, 0.1) is 0 Å². The zero-order valence-electron chi connectivity index (χ0n) is 21.4. The number of halogens is 1.